The number of para-hydroxylation sites is 2. The first kappa shape index (κ1) is 10.6. The van der Waals surface area contributed by atoms with Gasteiger partial charge in [0, 0.05) is 12.5 Å². The van der Waals surface area contributed by atoms with Crippen LogP contribution in [0, 0.1) is 0 Å². The highest BCUT2D eigenvalue weighted by molar-refractivity contribution is 5.77. The van der Waals surface area contributed by atoms with E-state index in [1.807, 2.05) is 35.8 Å². The Kier molecular flexibility index (Phi) is 2.87. The summed E-state index contributed by atoms with van der Waals surface area (Å²) in [5, 5.41) is 0. The summed E-state index contributed by atoms with van der Waals surface area (Å²) >= 11 is 0. The molecule has 5 nitrogen and oxygen atoms in total. The van der Waals surface area contributed by atoms with E-state index in [9.17, 15) is 4.79 Å². The predicted octanol–water partition coefficient (Wildman–Crippen LogP) is 0.977. The van der Waals surface area contributed by atoms with Crippen molar-refractivity contribution in [1.29, 1.82) is 0 Å². The van der Waals surface area contributed by atoms with Gasteiger partial charge in [-0.05, 0) is 19.1 Å². The minimum absolute atomic E-state index is 0.0379. The van der Waals surface area contributed by atoms with Crippen LogP contribution >= 0.6 is 0 Å². The van der Waals surface area contributed by atoms with Crippen LogP contribution < -0.4 is 11.3 Å². The molecule has 1 aromatic carbocycles. The van der Waals surface area contributed by atoms with Gasteiger partial charge in [-0.15, -0.1) is 0 Å². The van der Waals surface area contributed by atoms with Crippen molar-refractivity contribution in [2.75, 3.05) is 0 Å². The number of fused-ring (bicyclic) bond motifs is 1. The number of amides is 1. The summed E-state index contributed by atoms with van der Waals surface area (Å²) in [6.07, 6.45) is 2.09. The SMILES string of the molecule is CC(CC(=O)NN)n1cnc2ccccc21. The molecule has 3 N–H and O–H groups in total. The number of aromatic nitrogens is 2. The molecule has 0 spiro atoms. The number of benzene rings is 1. The Morgan fingerprint density at radius 3 is 3.06 bits per heavy atom. The quantitative estimate of drug-likeness (QED) is 0.458. The molecule has 0 aliphatic rings. The molecule has 0 saturated heterocycles. The van der Waals surface area contributed by atoms with E-state index in [0.717, 1.165) is 11.0 Å². The Balaban J connectivity index is 2.29. The molecule has 0 radical (unpaired) electrons. The van der Waals surface area contributed by atoms with E-state index < -0.39 is 0 Å². The third kappa shape index (κ3) is 1.90. The van der Waals surface area contributed by atoms with Crippen molar-refractivity contribution in [2.45, 2.75) is 19.4 Å². The molecule has 1 aromatic heterocycles. The molecule has 2 rings (SSSR count). The molecule has 1 heterocycles. The summed E-state index contributed by atoms with van der Waals surface area (Å²) in [6.45, 7) is 1.96. The summed E-state index contributed by atoms with van der Waals surface area (Å²) in [5.41, 5.74) is 4.09. The summed E-state index contributed by atoms with van der Waals surface area (Å²) in [7, 11) is 0. The Morgan fingerprint density at radius 2 is 2.31 bits per heavy atom. The zero-order valence-electron chi connectivity index (χ0n) is 9.05. The number of imidazole rings is 1. The zero-order valence-corrected chi connectivity index (χ0v) is 9.05. The van der Waals surface area contributed by atoms with Crippen molar-refractivity contribution in [2.24, 2.45) is 5.84 Å². The van der Waals surface area contributed by atoms with Gasteiger partial charge >= 0.3 is 0 Å². The average Bonchev–Trinajstić information content (AvgIpc) is 2.72. The van der Waals surface area contributed by atoms with Gasteiger partial charge in [0.2, 0.25) is 5.91 Å². The molecule has 5 heteroatoms. The molecular formula is C11H14N4O. The number of carbonyl (C=O) groups is 1. The Labute approximate surface area is 93.2 Å². The third-order valence-corrected chi connectivity index (χ3v) is 2.60. The predicted molar refractivity (Wildman–Crippen MR) is 61.4 cm³/mol. The van der Waals surface area contributed by atoms with E-state index in [1.54, 1.807) is 6.33 Å². The standard InChI is InChI=1S/C11H14N4O/c1-8(6-11(16)14-12)15-7-13-9-4-2-3-5-10(9)15/h2-5,7-8H,6,12H2,1H3,(H,14,16). The molecule has 0 bridgehead atoms. The Hall–Kier alpha value is -1.88. The lowest BCUT2D eigenvalue weighted by Gasteiger charge is -2.12. The summed E-state index contributed by atoms with van der Waals surface area (Å²) in [6, 6.07) is 7.87. The lowest BCUT2D eigenvalue weighted by molar-refractivity contribution is -0.121. The van der Waals surface area contributed by atoms with Crippen molar-refractivity contribution in [1.82, 2.24) is 15.0 Å². The van der Waals surface area contributed by atoms with E-state index in [2.05, 4.69) is 10.4 Å². The van der Waals surface area contributed by atoms with Gasteiger partial charge in [-0.1, -0.05) is 12.1 Å². The van der Waals surface area contributed by atoms with E-state index in [1.165, 1.54) is 0 Å². The van der Waals surface area contributed by atoms with Crippen LogP contribution in [-0.4, -0.2) is 15.5 Å². The molecule has 84 valence electrons. The van der Waals surface area contributed by atoms with E-state index in [4.69, 9.17) is 5.84 Å². The highest BCUT2D eigenvalue weighted by Crippen LogP contribution is 2.19. The molecular weight excluding hydrogens is 204 g/mol. The van der Waals surface area contributed by atoms with E-state index >= 15 is 0 Å². The fourth-order valence-electron chi connectivity index (χ4n) is 1.76. The van der Waals surface area contributed by atoms with Crippen LogP contribution in [-0.2, 0) is 4.79 Å². The van der Waals surface area contributed by atoms with Gasteiger partial charge in [0.1, 0.15) is 0 Å². The van der Waals surface area contributed by atoms with Crippen molar-refractivity contribution in [3.05, 3.63) is 30.6 Å². The van der Waals surface area contributed by atoms with E-state index in [-0.39, 0.29) is 11.9 Å². The summed E-state index contributed by atoms with van der Waals surface area (Å²) in [5.74, 6) is 4.89. The maximum Gasteiger partial charge on any atom is 0.235 e. The Bertz CT molecular complexity index is 505. The van der Waals surface area contributed by atoms with Crippen LogP contribution in [0.4, 0.5) is 0 Å². The van der Waals surface area contributed by atoms with Crippen molar-refractivity contribution >= 4 is 16.9 Å². The second kappa shape index (κ2) is 4.32. The molecule has 0 saturated carbocycles. The van der Waals surface area contributed by atoms with Crippen LogP contribution in [0.2, 0.25) is 0 Å². The monoisotopic (exact) mass is 218 g/mol. The van der Waals surface area contributed by atoms with Gasteiger partial charge in [0.15, 0.2) is 0 Å². The van der Waals surface area contributed by atoms with Crippen LogP contribution in [0.25, 0.3) is 11.0 Å². The highest BCUT2D eigenvalue weighted by Gasteiger charge is 2.12. The smallest absolute Gasteiger partial charge is 0.235 e. The molecule has 16 heavy (non-hydrogen) atoms. The molecule has 1 unspecified atom stereocenters. The molecule has 0 aliphatic heterocycles. The molecule has 1 amide bonds. The van der Waals surface area contributed by atoms with E-state index in [0.29, 0.717) is 6.42 Å². The molecule has 0 aliphatic carbocycles. The lowest BCUT2D eigenvalue weighted by Crippen LogP contribution is -2.31. The number of rotatable bonds is 3. The van der Waals surface area contributed by atoms with Gasteiger partial charge in [-0.2, -0.15) is 0 Å². The number of nitrogens with zero attached hydrogens (tertiary/aromatic N) is 2. The first-order chi connectivity index (χ1) is 7.72. The Morgan fingerprint density at radius 1 is 1.56 bits per heavy atom. The van der Waals surface area contributed by atoms with Crippen LogP contribution in [0.5, 0.6) is 0 Å². The zero-order chi connectivity index (χ0) is 11.5. The number of hydrogen-bond donors (Lipinski definition) is 2. The van der Waals surface area contributed by atoms with Gasteiger partial charge in [0.25, 0.3) is 0 Å². The summed E-state index contributed by atoms with van der Waals surface area (Å²) < 4.78 is 1.98. The van der Waals surface area contributed by atoms with Crippen LogP contribution in [0.15, 0.2) is 30.6 Å². The minimum atomic E-state index is -0.176. The third-order valence-electron chi connectivity index (χ3n) is 2.60. The van der Waals surface area contributed by atoms with Gasteiger partial charge in [0.05, 0.1) is 17.4 Å². The molecule has 2 aromatic rings. The maximum absolute atomic E-state index is 11.2. The number of hydrazine groups is 1. The minimum Gasteiger partial charge on any atom is -0.327 e. The number of nitrogens with one attached hydrogen (secondary N) is 1. The molecule has 0 fully saturated rings. The lowest BCUT2D eigenvalue weighted by atomic mass is 10.2. The average molecular weight is 218 g/mol. The summed E-state index contributed by atoms with van der Waals surface area (Å²) in [4.78, 5) is 15.5. The normalized spacial score (nSPS) is 12.6. The second-order valence-electron chi connectivity index (χ2n) is 3.76. The van der Waals surface area contributed by atoms with Gasteiger partial charge < -0.3 is 4.57 Å². The fourth-order valence-corrected chi connectivity index (χ4v) is 1.76. The van der Waals surface area contributed by atoms with Crippen molar-refractivity contribution in [3.63, 3.8) is 0 Å². The first-order valence-corrected chi connectivity index (χ1v) is 5.13. The number of hydrogen-bond acceptors (Lipinski definition) is 3. The first-order valence-electron chi connectivity index (χ1n) is 5.13. The highest BCUT2D eigenvalue weighted by atomic mass is 16.2. The fraction of sp³-hybridized carbons (Fsp3) is 0.273. The van der Waals surface area contributed by atoms with Gasteiger partial charge in [-0.25, -0.2) is 10.8 Å². The maximum atomic E-state index is 11.2. The van der Waals surface area contributed by atoms with Crippen molar-refractivity contribution in [3.8, 4) is 0 Å². The largest absolute Gasteiger partial charge is 0.327 e. The second-order valence-corrected chi connectivity index (χ2v) is 3.76. The van der Waals surface area contributed by atoms with Gasteiger partial charge in [-0.3, -0.25) is 10.2 Å². The number of carbonyl (C=O) groups excluding carboxylic acids is 1. The van der Waals surface area contributed by atoms with Crippen molar-refractivity contribution < 1.29 is 4.79 Å². The number of nitrogens with two attached hydrogens (primary N) is 1. The van der Waals surface area contributed by atoms with Crippen LogP contribution in [0.1, 0.15) is 19.4 Å². The molecule has 1 atom stereocenters. The van der Waals surface area contributed by atoms with Crippen LogP contribution in [0.3, 0.4) is 0 Å². The topological polar surface area (TPSA) is 72.9 Å².